The van der Waals surface area contributed by atoms with Gasteiger partial charge >= 0.3 is 5.97 Å². The van der Waals surface area contributed by atoms with Crippen LogP contribution in [0.2, 0.25) is 0 Å². The zero-order chi connectivity index (χ0) is 28.4. The van der Waals surface area contributed by atoms with Crippen LogP contribution in [0, 0.1) is 5.92 Å². The number of hydrogen-bond donors (Lipinski definition) is 8. The number of carbonyl (C=O) groups is 4. The lowest BCUT2D eigenvalue weighted by Gasteiger charge is -2.26. The fourth-order valence-electron chi connectivity index (χ4n) is 3.71. The van der Waals surface area contributed by atoms with E-state index >= 15 is 0 Å². The van der Waals surface area contributed by atoms with Crippen molar-refractivity contribution in [2.75, 3.05) is 0 Å². The van der Waals surface area contributed by atoms with E-state index in [1.807, 2.05) is 13.8 Å². The average Bonchev–Trinajstić information content (AvgIpc) is 3.35. The molecule has 208 valence electrons. The minimum absolute atomic E-state index is 0.0110. The number of carboxylic acids is 1. The number of aromatic hydroxyl groups is 1. The van der Waals surface area contributed by atoms with Gasteiger partial charge in [-0.15, -0.1) is 0 Å². The normalized spacial score (nSPS) is 15.1. The van der Waals surface area contributed by atoms with E-state index < -0.39 is 54.0 Å². The van der Waals surface area contributed by atoms with Gasteiger partial charge in [0.2, 0.25) is 17.7 Å². The van der Waals surface area contributed by atoms with Crippen LogP contribution in [0.15, 0.2) is 36.8 Å². The molecule has 13 nitrogen and oxygen atoms in total. The fraction of sp³-hybridized carbons (Fsp3) is 0.480. The first-order valence-electron chi connectivity index (χ1n) is 12.2. The number of amides is 3. The van der Waals surface area contributed by atoms with Crippen LogP contribution in [-0.2, 0) is 32.0 Å². The number of phenolic OH excluding ortho intramolecular Hbond substituents is 1. The zero-order valence-electron chi connectivity index (χ0n) is 21.5. The molecule has 0 aliphatic carbocycles. The lowest BCUT2D eigenvalue weighted by molar-refractivity contribution is -0.142. The van der Waals surface area contributed by atoms with Crippen molar-refractivity contribution >= 4 is 23.7 Å². The van der Waals surface area contributed by atoms with Gasteiger partial charge in [0.1, 0.15) is 23.9 Å². The van der Waals surface area contributed by atoms with Gasteiger partial charge in [-0.05, 0) is 37.0 Å². The largest absolute Gasteiger partial charge is 0.508 e. The summed E-state index contributed by atoms with van der Waals surface area (Å²) >= 11 is 0. The molecule has 0 saturated heterocycles. The first kappa shape index (κ1) is 30.3. The Morgan fingerprint density at radius 2 is 1.58 bits per heavy atom. The number of H-pyrrole nitrogens is 1. The number of hydrogen-bond acceptors (Lipinski definition) is 8. The molecule has 2 rings (SSSR count). The molecule has 5 atom stereocenters. The number of imidazole rings is 1. The van der Waals surface area contributed by atoms with Crippen molar-refractivity contribution in [3.05, 3.63) is 48.0 Å². The third-order valence-corrected chi connectivity index (χ3v) is 5.73. The predicted octanol–water partition coefficient (Wildman–Crippen LogP) is -0.806. The monoisotopic (exact) mass is 532 g/mol. The average molecular weight is 533 g/mol. The molecule has 0 aliphatic heterocycles. The van der Waals surface area contributed by atoms with Crippen LogP contribution in [0.5, 0.6) is 5.75 Å². The van der Waals surface area contributed by atoms with Crippen LogP contribution in [0.1, 0.15) is 38.4 Å². The van der Waals surface area contributed by atoms with Gasteiger partial charge < -0.3 is 42.0 Å². The summed E-state index contributed by atoms with van der Waals surface area (Å²) < 4.78 is 0. The Bertz CT molecular complexity index is 1070. The number of nitrogens with zero attached hydrogens (tertiary/aromatic N) is 1. The Balaban J connectivity index is 2.19. The van der Waals surface area contributed by atoms with Crippen LogP contribution in [0.3, 0.4) is 0 Å². The van der Waals surface area contributed by atoms with Gasteiger partial charge in [0.25, 0.3) is 0 Å². The fourth-order valence-corrected chi connectivity index (χ4v) is 3.71. The molecule has 38 heavy (non-hydrogen) atoms. The standard InChI is InChI=1S/C25H36N6O7/c1-13(2)8-18(26)22(34)31-21(14(3)32)24(36)29-19(10-16-11-27-12-28-16)23(35)30-20(25(37)38)9-15-4-6-17(33)7-5-15/h4-7,11-14,18-21,32-33H,8-10,26H2,1-3H3,(H,27,28)(H,29,36)(H,30,35)(H,31,34)(H,37,38). The Kier molecular flexibility index (Phi) is 11.2. The first-order chi connectivity index (χ1) is 17.9. The molecule has 0 aliphatic rings. The van der Waals surface area contributed by atoms with Crippen LogP contribution in [-0.4, -0.2) is 79.2 Å². The van der Waals surface area contributed by atoms with E-state index in [0.29, 0.717) is 17.7 Å². The second-order valence-corrected chi connectivity index (χ2v) is 9.58. The number of aromatic nitrogens is 2. The summed E-state index contributed by atoms with van der Waals surface area (Å²) in [6.45, 7) is 5.08. The predicted molar refractivity (Wildman–Crippen MR) is 137 cm³/mol. The van der Waals surface area contributed by atoms with Gasteiger partial charge in [0.15, 0.2) is 0 Å². The Hall–Kier alpha value is -3.97. The molecule has 0 bridgehead atoms. The van der Waals surface area contributed by atoms with Crippen LogP contribution < -0.4 is 21.7 Å². The molecule has 1 aromatic heterocycles. The first-order valence-corrected chi connectivity index (χ1v) is 12.2. The molecule has 0 saturated carbocycles. The second kappa shape index (κ2) is 14.1. The van der Waals surface area contributed by atoms with E-state index in [9.17, 15) is 34.5 Å². The molecule has 1 aromatic carbocycles. The van der Waals surface area contributed by atoms with Crippen LogP contribution in [0.25, 0.3) is 0 Å². The number of nitrogens with one attached hydrogen (secondary N) is 4. The molecular weight excluding hydrogens is 496 g/mol. The summed E-state index contributed by atoms with van der Waals surface area (Å²) in [5.41, 5.74) is 6.93. The van der Waals surface area contributed by atoms with Crippen molar-refractivity contribution in [1.29, 1.82) is 0 Å². The molecule has 2 aromatic rings. The lowest BCUT2D eigenvalue weighted by Crippen LogP contribution is -2.60. The molecule has 1 heterocycles. The zero-order valence-corrected chi connectivity index (χ0v) is 21.5. The number of aromatic amines is 1. The lowest BCUT2D eigenvalue weighted by atomic mass is 10.0. The smallest absolute Gasteiger partial charge is 0.326 e. The number of aliphatic carboxylic acids is 1. The maximum Gasteiger partial charge on any atom is 0.326 e. The van der Waals surface area contributed by atoms with E-state index in [0.717, 1.165) is 0 Å². The van der Waals surface area contributed by atoms with Crippen molar-refractivity contribution in [3.8, 4) is 5.75 Å². The van der Waals surface area contributed by atoms with Gasteiger partial charge in [0, 0.05) is 24.7 Å². The third-order valence-electron chi connectivity index (χ3n) is 5.73. The summed E-state index contributed by atoms with van der Waals surface area (Å²) in [4.78, 5) is 57.3. The molecule has 0 radical (unpaired) electrons. The van der Waals surface area contributed by atoms with Gasteiger partial charge in [-0.25, -0.2) is 9.78 Å². The van der Waals surface area contributed by atoms with Crippen molar-refractivity contribution in [3.63, 3.8) is 0 Å². The van der Waals surface area contributed by atoms with E-state index in [1.165, 1.54) is 43.7 Å². The topological polar surface area (TPSA) is 220 Å². The number of aliphatic hydroxyl groups excluding tert-OH is 1. The SMILES string of the molecule is CC(C)CC(N)C(=O)NC(C(=O)NC(Cc1cnc[nH]1)C(=O)NC(Cc1ccc(O)cc1)C(=O)O)C(C)O. The molecule has 3 amide bonds. The van der Waals surface area contributed by atoms with Crippen LogP contribution >= 0.6 is 0 Å². The number of carbonyl (C=O) groups excluding carboxylic acids is 3. The van der Waals surface area contributed by atoms with Crippen molar-refractivity contribution in [2.45, 2.75) is 70.3 Å². The Morgan fingerprint density at radius 1 is 0.947 bits per heavy atom. The van der Waals surface area contributed by atoms with Gasteiger partial charge in [0.05, 0.1) is 18.5 Å². The molecule has 0 spiro atoms. The second-order valence-electron chi connectivity index (χ2n) is 9.58. The maximum absolute atomic E-state index is 13.2. The molecular formula is C25H36N6O7. The Morgan fingerprint density at radius 3 is 2.11 bits per heavy atom. The third kappa shape index (κ3) is 9.48. The highest BCUT2D eigenvalue weighted by Crippen LogP contribution is 2.12. The molecule has 5 unspecified atom stereocenters. The summed E-state index contributed by atoms with van der Waals surface area (Å²) in [7, 11) is 0. The summed E-state index contributed by atoms with van der Waals surface area (Å²) in [6, 6.07) is 0.933. The van der Waals surface area contributed by atoms with Gasteiger partial charge in [-0.3, -0.25) is 14.4 Å². The van der Waals surface area contributed by atoms with Crippen molar-refractivity contribution in [2.24, 2.45) is 11.7 Å². The number of nitrogens with two attached hydrogens (primary N) is 1. The van der Waals surface area contributed by atoms with Crippen LogP contribution in [0.4, 0.5) is 0 Å². The van der Waals surface area contributed by atoms with E-state index in [2.05, 4.69) is 25.9 Å². The van der Waals surface area contributed by atoms with E-state index in [4.69, 9.17) is 5.73 Å². The highest BCUT2D eigenvalue weighted by Gasteiger charge is 2.33. The molecule has 13 heteroatoms. The number of benzene rings is 1. The maximum atomic E-state index is 13.2. The molecule has 9 N–H and O–H groups in total. The van der Waals surface area contributed by atoms with E-state index in [-0.39, 0.29) is 24.5 Å². The highest BCUT2D eigenvalue weighted by atomic mass is 16.4. The van der Waals surface area contributed by atoms with Gasteiger partial charge in [-0.2, -0.15) is 0 Å². The van der Waals surface area contributed by atoms with Gasteiger partial charge in [-0.1, -0.05) is 26.0 Å². The summed E-state index contributed by atoms with van der Waals surface area (Å²) in [5, 5.41) is 36.6. The van der Waals surface area contributed by atoms with Crippen molar-refractivity contribution in [1.82, 2.24) is 25.9 Å². The summed E-state index contributed by atoms with van der Waals surface area (Å²) in [5.74, 6) is -3.44. The quantitative estimate of drug-likeness (QED) is 0.152. The van der Waals surface area contributed by atoms with E-state index in [1.54, 1.807) is 0 Å². The summed E-state index contributed by atoms with van der Waals surface area (Å²) in [6.07, 6.45) is 1.72. The molecule has 0 fully saturated rings. The number of phenols is 1. The minimum atomic E-state index is -1.41. The number of carboxylic acid groups (broad SMARTS) is 1. The number of rotatable bonds is 14. The Labute approximate surface area is 220 Å². The minimum Gasteiger partial charge on any atom is -0.508 e. The highest BCUT2D eigenvalue weighted by molar-refractivity contribution is 5.94. The van der Waals surface area contributed by atoms with Crippen molar-refractivity contribution < 1.29 is 34.5 Å². The number of aliphatic hydroxyl groups is 1.